The summed E-state index contributed by atoms with van der Waals surface area (Å²) in [5.74, 6) is 1.70. The average Bonchev–Trinajstić information content (AvgIpc) is 2.57. The fraction of sp³-hybridized carbons (Fsp3) is 0.176. The lowest BCUT2D eigenvalue weighted by atomic mass is 10.1. The first-order valence-electron chi connectivity index (χ1n) is 7.00. The van der Waals surface area contributed by atoms with Crippen LogP contribution in [-0.4, -0.2) is 14.3 Å². The molecule has 0 N–H and O–H groups in total. The molecule has 5 nitrogen and oxygen atoms in total. The summed E-state index contributed by atoms with van der Waals surface area (Å²) in [6, 6.07) is 11.7. The number of sulfone groups is 1. The van der Waals surface area contributed by atoms with Crippen molar-refractivity contribution in [3.05, 3.63) is 65.3 Å². The number of aryl methyl sites for hydroxylation is 1. The standard InChI is InChI=1S/C17H15N3O2S/c1-2-14-12-20(16(10-18)11-19)9-8-15(14)13-23(21,22)17-6-4-3-5-7-17/h3-9,12H,2,13H2,1H3. The van der Waals surface area contributed by atoms with Gasteiger partial charge in [-0.25, -0.2) is 8.42 Å². The average molecular weight is 325 g/mol. The van der Waals surface area contributed by atoms with Crippen LogP contribution in [0.15, 0.2) is 53.7 Å². The third-order valence-corrected chi connectivity index (χ3v) is 5.12. The minimum atomic E-state index is -3.44. The van der Waals surface area contributed by atoms with Crippen molar-refractivity contribution in [2.24, 2.45) is 0 Å². The summed E-state index contributed by atoms with van der Waals surface area (Å²) in [6.45, 7) is 1.90. The lowest BCUT2D eigenvalue weighted by Gasteiger charge is -2.08. The van der Waals surface area contributed by atoms with Crippen LogP contribution in [0.25, 0.3) is 11.1 Å². The molecule has 0 atom stereocenters. The minimum Gasteiger partial charge on any atom is -0.757 e. The van der Waals surface area contributed by atoms with Gasteiger partial charge < -0.3 is 5.41 Å². The van der Waals surface area contributed by atoms with E-state index in [1.54, 1.807) is 42.6 Å². The number of hydrogen-bond donors (Lipinski definition) is 0. The van der Waals surface area contributed by atoms with Crippen molar-refractivity contribution in [2.45, 2.75) is 24.0 Å². The van der Waals surface area contributed by atoms with Crippen LogP contribution in [0.3, 0.4) is 0 Å². The molecule has 0 spiro atoms. The van der Waals surface area contributed by atoms with Gasteiger partial charge in [-0.15, -0.1) is 0 Å². The van der Waals surface area contributed by atoms with Gasteiger partial charge in [0.05, 0.1) is 10.6 Å². The molecule has 0 aliphatic rings. The van der Waals surface area contributed by atoms with Crippen LogP contribution in [0.4, 0.5) is 0 Å². The third-order valence-electron chi connectivity index (χ3n) is 3.44. The zero-order chi connectivity index (χ0) is 16.9. The largest absolute Gasteiger partial charge is 0.757 e. The summed E-state index contributed by atoms with van der Waals surface area (Å²) in [7, 11) is -3.44. The summed E-state index contributed by atoms with van der Waals surface area (Å²) < 4.78 is 26.4. The van der Waals surface area contributed by atoms with Gasteiger partial charge in [-0.05, 0) is 24.1 Å². The van der Waals surface area contributed by atoms with E-state index in [0.29, 0.717) is 12.0 Å². The van der Waals surface area contributed by atoms with Gasteiger partial charge in [0.25, 0.3) is 0 Å². The maximum atomic E-state index is 12.5. The Bertz CT molecular complexity index is 907. The number of hydrogen-bond acceptors (Lipinski definition) is 3. The van der Waals surface area contributed by atoms with Gasteiger partial charge >= 0.3 is 5.70 Å². The molecule has 6 heteroatoms. The molecule has 1 heterocycles. The van der Waals surface area contributed by atoms with Gasteiger partial charge in [-0.3, -0.25) is 0 Å². The van der Waals surface area contributed by atoms with Crippen LogP contribution in [-0.2, 0) is 22.0 Å². The Balaban J connectivity index is 2.42. The van der Waals surface area contributed by atoms with Crippen LogP contribution < -0.4 is 4.57 Å². The van der Waals surface area contributed by atoms with Crippen LogP contribution in [0.5, 0.6) is 0 Å². The van der Waals surface area contributed by atoms with Crippen LogP contribution >= 0.6 is 0 Å². The fourth-order valence-corrected chi connectivity index (χ4v) is 3.66. The highest BCUT2D eigenvalue weighted by atomic mass is 32.2. The van der Waals surface area contributed by atoms with Crippen molar-refractivity contribution in [2.75, 3.05) is 0 Å². The second-order valence-electron chi connectivity index (χ2n) is 4.90. The second-order valence-corrected chi connectivity index (χ2v) is 6.89. The summed E-state index contributed by atoms with van der Waals surface area (Å²) >= 11 is 0. The van der Waals surface area contributed by atoms with Gasteiger partial charge in [-0.2, -0.15) is 15.7 Å². The van der Waals surface area contributed by atoms with Crippen molar-refractivity contribution in [1.29, 1.82) is 5.26 Å². The molecule has 116 valence electrons. The molecule has 1 aromatic carbocycles. The number of nitrogens with zero attached hydrogens (tertiary/aromatic N) is 3. The highest BCUT2D eigenvalue weighted by Gasteiger charge is 2.19. The topological polar surface area (TPSA) is 84.1 Å². The molecule has 0 saturated carbocycles. The number of allylic oxidation sites excluding steroid dienone is 1. The van der Waals surface area contributed by atoms with E-state index in [1.807, 2.05) is 18.9 Å². The van der Waals surface area contributed by atoms with E-state index < -0.39 is 9.84 Å². The molecule has 0 saturated heterocycles. The van der Waals surface area contributed by atoms with Crippen LogP contribution in [0, 0.1) is 11.3 Å². The predicted molar refractivity (Wildman–Crippen MR) is 87.0 cm³/mol. The molecule has 0 bridgehead atoms. The van der Waals surface area contributed by atoms with Gasteiger partial charge in [-0.1, -0.05) is 25.1 Å². The summed E-state index contributed by atoms with van der Waals surface area (Å²) in [4.78, 5) is 0.278. The number of aromatic nitrogens is 1. The molecule has 2 rings (SSSR count). The van der Waals surface area contributed by atoms with E-state index in [-0.39, 0.29) is 16.3 Å². The minimum absolute atomic E-state index is 0.0582. The molecule has 23 heavy (non-hydrogen) atoms. The quantitative estimate of drug-likeness (QED) is 0.479. The van der Waals surface area contributed by atoms with E-state index in [9.17, 15) is 8.42 Å². The zero-order valence-electron chi connectivity index (χ0n) is 12.6. The van der Waals surface area contributed by atoms with Crippen molar-refractivity contribution in [3.8, 4) is 6.07 Å². The van der Waals surface area contributed by atoms with E-state index in [1.165, 1.54) is 10.8 Å². The number of nitriles is 1. The molecular formula is C17H15N3O2S. The number of benzene rings is 1. The first-order chi connectivity index (χ1) is 11.0. The van der Waals surface area contributed by atoms with Crippen molar-refractivity contribution >= 4 is 21.4 Å². The number of pyridine rings is 1. The molecule has 0 fully saturated rings. The molecule has 0 unspecified atom stereocenters. The fourth-order valence-electron chi connectivity index (χ4n) is 2.23. The van der Waals surface area contributed by atoms with Crippen LogP contribution in [0.2, 0.25) is 0 Å². The van der Waals surface area contributed by atoms with Crippen molar-refractivity contribution < 1.29 is 13.0 Å². The Morgan fingerprint density at radius 2 is 1.91 bits per heavy atom. The highest BCUT2D eigenvalue weighted by molar-refractivity contribution is 7.90. The lowest BCUT2D eigenvalue weighted by molar-refractivity contribution is -0.576. The van der Waals surface area contributed by atoms with Gasteiger partial charge in [0.1, 0.15) is 0 Å². The Morgan fingerprint density at radius 3 is 2.48 bits per heavy atom. The van der Waals surface area contributed by atoms with E-state index in [0.717, 1.165) is 5.56 Å². The number of rotatable bonds is 5. The van der Waals surface area contributed by atoms with E-state index in [4.69, 9.17) is 10.7 Å². The summed E-state index contributed by atoms with van der Waals surface area (Å²) in [5.41, 5.74) is 1.40. The van der Waals surface area contributed by atoms with Gasteiger partial charge in [0.15, 0.2) is 28.3 Å². The second kappa shape index (κ2) is 7.01. The molecule has 0 aliphatic carbocycles. The molecular weight excluding hydrogens is 310 g/mol. The first kappa shape index (κ1) is 16.6. The third kappa shape index (κ3) is 3.72. The van der Waals surface area contributed by atoms with E-state index >= 15 is 0 Å². The Hall–Kier alpha value is -2.74. The normalized spacial score (nSPS) is 10.6. The Morgan fingerprint density at radius 1 is 1.22 bits per heavy atom. The summed E-state index contributed by atoms with van der Waals surface area (Å²) in [5, 5.41) is 17.8. The maximum absolute atomic E-state index is 12.5. The SMILES string of the molecule is CCc1c[n+](C(=C=[N-])C#N)ccc1CS(=O)(=O)c1ccccc1. The molecule has 0 radical (unpaired) electrons. The smallest absolute Gasteiger partial charge is 0.309 e. The maximum Gasteiger partial charge on any atom is 0.309 e. The molecule has 2 aromatic rings. The Kier molecular flexibility index (Phi) is 5.07. The molecule has 1 aromatic heterocycles. The predicted octanol–water partition coefficient (Wildman–Crippen LogP) is 2.11. The molecule has 0 aliphatic heterocycles. The van der Waals surface area contributed by atoms with Crippen molar-refractivity contribution in [3.63, 3.8) is 0 Å². The summed E-state index contributed by atoms with van der Waals surface area (Å²) in [6.07, 6.45) is 3.78. The highest BCUT2D eigenvalue weighted by Crippen LogP contribution is 2.18. The Labute approximate surface area is 135 Å². The van der Waals surface area contributed by atoms with Gasteiger partial charge in [0.2, 0.25) is 0 Å². The van der Waals surface area contributed by atoms with Gasteiger partial charge in [0, 0.05) is 11.6 Å². The zero-order valence-corrected chi connectivity index (χ0v) is 13.4. The monoisotopic (exact) mass is 325 g/mol. The first-order valence-corrected chi connectivity index (χ1v) is 8.65. The van der Waals surface area contributed by atoms with Crippen LogP contribution in [0.1, 0.15) is 18.1 Å². The van der Waals surface area contributed by atoms with Crippen molar-refractivity contribution in [1.82, 2.24) is 0 Å². The van der Waals surface area contributed by atoms with E-state index in [2.05, 4.69) is 0 Å². The lowest BCUT2D eigenvalue weighted by Crippen LogP contribution is -2.32. The molecule has 0 amide bonds.